The van der Waals surface area contributed by atoms with E-state index in [2.05, 4.69) is 4.90 Å². The Morgan fingerprint density at radius 3 is 2.56 bits per heavy atom. The molecule has 0 N–H and O–H groups in total. The van der Waals surface area contributed by atoms with Crippen molar-refractivity contribution in [2.24, 2.45) is 0 Å². The van der Waals surface area contributed by atoms with Gasteiger partial charge < -0.3 is 4.74 Å². The van der Waals surface area contributed by atoms with Crippen molar-refractivity contribution in [1.29, 1.82) is 0 Å². The first kappa shape index (κ1) is 21.0. The molecule has 1 aromatic carbocycles. The summed E-state index contributed by atoms with van der Waals surface area (Å²) in [6.45, 7) is 4.04. The maximum Gasteiger partial charge on any atom is 0.244 e. The van der Waals surface area contributed by atoms with Crippen LogP contribution in [0.15, 0.2) is 29.2 Å². The molecule has 2 saturated heterocycles. The van der Waals surface area contributed by atoms with E-state index in [-0.39, 0.29) is 28.0 Å². The van der Waals surface area contributed by atoms with E-state index in [9.17, 15) is 16.8 Å². The molecule has 0 aromatic heterocycles. The summed E-state index contributed by atoms with van der Waals surface area (Å²) in [6.07, 6.45) is 0.948. The molecule has 0 spiro atoms. The zero-order chi connectivity index (χ0) is 19.5. The van der Waals surface area contributed by atoms with Crippen LogP contribution in [0.1, 0.15) is 12.8 Å². The normalized spacial score (nSPS) is 23.7. The fourth-order valence-electron chi connectivity index (χ4n) is 3.56. The maximum absolute atomic E-state index is 13.2. The van der Waals surface area contributed by atoms with Crippen LogP contribution < -0.4 is 0 Å². The van der Waals surface area contributed by atoms with Gasteiger partial charge in [-0.3, -0.25) is 4.90 Å². The Morgan fingerprint density at radius 1 is 1.22 bits per heavy atom. The Kier molecular flexibility index (Phi) is 6.81. The average Bonchev–Trinajstić information content (AvgIpc) is 2.99. The third kappa shape index (κ3) is 5.21. The Balaban J connectivity index is 1.78. The predicted molar refractivity (Wildman–Crippen MR) is 104 cm³/mol. The molecule has 0 saturated carbocycles. The molecule has 0 aliphatic carbocycles. The number of hydrogen-bond acceptors (Lipinski definition) is 6. The van der Waals surface area contributed by atoms with Crippen LogP contribution in [-0.2, 0) is 24.6 Å². The minimum atomic E-state index is -3.87. The summed E-state index contributed by atoms with van der Waals surface area (Å²) in [6, 6.07) is 5.75. The highest BCUT2D eigenvalue weighted by Crippen LogP contribution is 2.29. The number of sulfonamides is 1. The molecule has 1 atom stereocenters. The minimum Gasteiger partial charge on any atom is -0.379 e. The standard InChI is InChI=1S/C17H25ClN2O5S2/c18-16-4-1-2-5-17(16)27(23,24)20(15-6-13-26(21,22)14-15)8-3-7-19-9-11-25-12-10-19/h1-2,4-5,15H,3,6-14H2. The van der Waals surface area contributed by atoms with Gasteiger partial charge in [0.1, 0.15) is 4.90 Å². The van der Waals surface area contributed by atoms with E-state index in [1.165, 1.54) is 16.4 Å². The largest absolute Gasteiger partial charge is 0.379 e. The van der Waals surface area contributed by atoms with Gasteiger partial charge in [-0.15, -0.1) is 0 Å². The van der Waals surface area contributed by atoms with Gasteiger partial charge in [-0.05, 0) is 31.5 Å². The average molecular weight is 437 g/mol. The molecule has 10 heteroatoms. The highest BCUT2D eigenvalue weighted by atomic mass is 35.5. The SMILES string of the molecule is O=S1(=O)CCC(N(CCCN2CCOCC2)S(=O)(=O)c2ccccc2Cl)C1. The molecule has 2 aliphatic heterocycles. The zero-order valence-corrected chi connectivity index (χ0v) is 17.5. The van der Waals surface area contributed by atoms with Gasteiger partial charge in [0.15, 0.2) is 9.84 Å². The minimum absolute atomic E-state index is 0.0235. The lowest BCUT2D eigenvalue weighted by Crippen LogP contribution is -2.43. The Hall–Kier alpha value is -0.710. The van der Waals surface area contributed by atoms with Gasteiger partial charge in [0.2, 0.25) is 10.0 Å². The lowest BCUT2D eigenvalue weighted by Gasteiger charge is -2.30. The molecular formula is C17H25ClN2O5S2. The van der Waals surface area contributed by atoms with Crippen molar-refractivity contribution in [2.45, 2.75) is 23.8 Å². The summed E-state index contributed by atoms with van der Waals surface area (Å²) >= 11 is 6.13. The lowest BCUT2D eigenvalue weighted by molar-refractivity contribution is 0.0367. The third-order valence-corrected chi connectivity index (χ3v) is 9.20. The second kappa shape index (κ2) is 8.75. The Morgan fingerprint density at radius 2 is 1.93 bits per heavy atom. The van der Waals surface area contributed by atoms with Crippen LogP contribution in [-0.4, -0.2) is 83.0 Å². The molecule has 27 heavy (non-hydrogen) atoms. The number of nitrogens with zero attached hydrogens (tertiary/aromatic N) is 2. The van der Waals surface area contributed by atoms with Crippen molar-refractivity contribution in [3.05, 3.63) is 29.3 Å². The maximum atomic E-state index is 13.2. The number of rotatable bonds is 7. The van der Waals surface area contributed by atoms with E-state index in [4.69, 9.17) is 16.3 Å². The summed E-state index contributed by atoms with van der Waals surface area (Å²) in [5.74, 6) is -0.107. The van der Waals surface area contributed by atoms with E-state index in [0.29, 0.717) is 26.1 Å². The fraction of sp³-hybridized carbons (Fsp3) is 0.647. The van der Waals surface area contributed by atoms with E-state index in [1.807, 2.05) is 0 Å². The van der Waals surface area contributed by atoms with Crippen LogP contribution in [0.4, 0.5) is 0 Å². The first-order valence-corrected chi connectivity index (χ1v) is 12.7. The van der Waals surface area contributed by atoms with Gasteiger partial charge in [-0.1, -0.05) is 23.7 Å². The Bertz CT molecular complexity index is 854. The van der Waals surface area contributed by atoms with Crippen LogP contribution in [0, 0.1) is 0 Å². The van der Waals surface area contributed by atoms with Crippen molar-refractivity contribution < 1.29 is 21.6 Å². The van der Waals surface area contributed by atoms with Gasteiger partial charge in [0.25, 0.3) is 0 Å². The molecular weight excluding hydrogens is 412 g/mol. The summed E-state index contributed by atoms with van der Waals surface area (Å²) < 4.78 is 57.0. The van der Waals surface area contributed by atoms with Crippen LogP contribution in [0.2, 0.25) is 5.02 Å². The number of sulfone groups is 1. The molecule has 0 amide bonds. The highest BCUT2D eigenvalue weighted by Gasteiger charge is 2.39. The van der Waals surface area contributed by atoms with Crippen molar-refractivity contribution in [3.8, 4) is 0 Å². The van der Waals surface area contributed by atoms with Crippen LogP contribution in [0.3, 0.4) is 0 Å². The van der Waals surface area contributed by atoms with Gasteiger partial charge in [0, 0.05) is 25.7 Å². The summed E-state index contributed by atoms with van der Waals surface area (Å²) in [5.41, 5.74) is 0. The second-order valence-corrected chi connectivity index (χ2v) is 11.4. The zero-order valence-electron chi connectivity index (χ0n) is 15.1. The number of benzene rings is 1. The second-order valence-electron chi connectivity index (χ2n) is 6.91. The monoisotopic (exact) mass is 436 g/mol. The van der Waals surface area contributed by atoms with Crippen molar-refractivity contribution in [1.82, 2.24) is 9.21 Å². The van der Waals surface area contributed by atoms with Crippen LogP contribution >= 0.6 is 11.6 Å². The van der Waals surface area contributed by atoms with E-state index < -0.39 is 25.9 Å². The van der Waals surface area contributed by atoms with Crippen molar-refractivity contribution >= 4 is 31.5 Å². The number of morpholine rings is 1. The summed E-state index contributed by atoms with van der Waals surface area (Å²) in [4.78, 5) is 2.26. The molecule has 2 aliphatic rings. The molecule has 2 fully saturated rings. The van der Waals surface area contributed by atoms with Crippen LogP contribution in [0.5, 0.6) is 0 Å². The van der Waals surface area contributed by atoms with E-state index in [1.54, 1.807) is 12.1 Å². The summed E-state index contributed by atoms with van der Waals surface area (Å²) in [7, 11) is -7.08. The van der Waals surface area contributed by atoms with Crippen molar-refractivity contribution in [2.75, 3.05) is 50.9 Å². The van der Waals surface area contributed by atoms with Gasteiger partial charge in [0.05, 0.1) is 29.7 Å². The number of hydrogen-bond donors (Lipinski definition) is 0. The molecule has 152 valence electrons. The van der Waals surface area contributed by atoms with E-state index >= 15 is 0 Å². The van der Waals surface area contributed by atoms with Gasteiger partial charge in [-0.2, -0.15) is 4.31 Å². The summed E-state index contributed by atoms with van der Waals surface area (Å²) in [5, 5.41) is 0.150. The molecule has 0 bridgehead atoms. The molecule has 1 unspecified atom stereocenters. The van der Waals surface area contributed by atoms with E-state index in [0.717, 1.165) is 19.6 Å². The lowest BCUT2D eigenvalue weighted by atomic mass is 10.2. The van der Waals surface area contributed by atoms with Crippen LogP contribution in [0.25, 0.3) is 0 Å². The van der Waals surface area contributed by atoms with Gasteiger partial charge in [-0.25, -0.2) is 16.8 Å². The first-order chi connectivity index (χ1) is 12.8. The van der Waals surface area contributed by atoms with Gasteiger partial charge >= 0.3 is 0 Å². The fourth-order valence-corrected chi connectivity index (χ4v) is 7.57. The molecule has 0 radical (unpaired) electrons. The number of ether oxygens (including phenoxy) is 1. The number of halogens is 1. The third-order valence-electron chi connectivity index (χ3n) is 5.00. The van der Waals surface area contributed by atoms with Crippen molar-refractivity contribution in [3.63, 3.8) is 0 Å². The highest BCUT2D eigenvalue weighted by molar-refractivity contribution is 7.92. The molecule has 2 heterocycles. The topological polar surface area (TPSA) is 84.0 Å². The molecule has 1 aromatic rings. The molecule has 7 nitrogen and oxygen atoms in total. The smallest absolute Gasteiger partial charge is 0.244 e. The molecule has 3 rings (SSSR count). The quantitative estimate of drug-likeness (QED) is 0.639. The Labute approximate surface area is 166 Å². The first-order valence-electron chi connectivity index (χ1n) is 9.06. The predicted octanol–water partition coefficient (Wildman–Crippen LogP) is 1.24.